The van der Waals surface area contributed by atoms with Crippen LogP contribution in [0.5, 0.6) is 11.5 Å². The molecule has 1 aromatic heterocycles. The summed E-state index contributed by atoms with van der Waals surface area (Å²) in [6.07, 6.45) is 1.70. The zero-order chi connectivity index (χ0) is 32.1. The molecule has 4 aromatic carbocycles. The van der Waals surface area contributed by atoms with Crippen LogP contribution in [0.3, 0.4) is 0 Å². The fourth-order valence-corrected chi connectivity index (χ4v) is 8.10. The molecule has 2 aliphatic carbocycles. The van der Waals surface area contributed by atoms with E-state index in [1.807, 2.05) is 64.1 Å². The highest BCUT2D eigenvalue weighted by Crippen LogP contribution is 2.64. The number of rotatable bonds is 2. The molecular formula is C39H40N2O4. The summed E-state index contributed by atoms with van der Waals surface area (Å²) >= 11 is 0. The maximum Gasteiger partial charge on any atom is 0.284 e. The first-order chi connectivity index (χ1) is 21.2. The van der Waals surface area contributed by atoms with E-state index < -0.39 is 0 Å². The van der Waals surface area contributed by atoms with Gasteiger partial charge in [-0.3, -0.25) is 0 Å². The van der Waals surface area contributed by atoms with Crippen LogP contribution >= 0.6 is 0 Å². The van der Waals surface area contributed by atoms with Gasteiger partial charge in [0.25, 0.3) is 11.1 Å². The SMILES string of the molecule is Cc1cccc(C)c1N=c1oc2cc3c(cc2oc1=Nc1c(C)cccc1C)[C@@]1(CC(C)(C)c2cc(O)c(O)cc21)CC3(C)C. The summed E-state index contributed by atoms with van der Waals surface area (Å²) in [6, 6.07) is 20.0. The van der Waals surface area contributed by atoms with Gasteiger partial charge in [0.2, 0.25) is 0 Å². The highest BCUT2D eigenvalue weighted by atomic mass is 16.4. The minimum atomic E-state index is -0.363. The molecule has 1 atom stereocenters. The van der Waals surface area contributed by atoms with Crippen molar-refractivity contribution in [2.24, 2.45) is 9.98 Å². The van der Waals surface area contributed by atoms with Gasteiger partial charge in [0, 0.05) is 5.41 Å². The fraction of sp³-hybridized carbons (Fsp3) is 0.333. The Bertz CT molecular complexity index is 2160. The lowest BCUT2D eigenvalue weighted by Crippen LogP contribution is -2.27. The first-order valence-electron chi connectivity index (χ1n) is 15.6. The van der Waals surface area contributed by atoms with Crippen molar-refractivity contribution >= 4 is 22.5 Å². The quantitative estimate of drug-likeness (QED) is 0.198. The number of aryl methyl sites for hydroxylation is 4. The summed E-state index contributed by atoms with van der Waals surface area (Å²) < 4.78 is 13.3. The smallest absolute Gasteiger partial charge is 0.284 e. The summed E-state index contributed by atoms with van der Waals surface area (Å²) in [7, 11) is 0. The third-order valence-corrected chi connectivity index (χ3v) is 10.1. The first kappa shape index (κ1) is 29.1. The molecule has 0 aliphatic heterocycles. The van der Waals surface area contributed by atoms with E-state index in [1.165, 1.54) is 5.56 Å². The van der Waals surface area contributed by atoms with Crippen LogP contribution in [0.4, 0.5) is 11.4 Å². The van der Waals surface area contributed by atoms with Crippen molar-refractivity contribution in [3.8, 4) is 11.5 Å². The van der Waals surface area contributed by atoms with Crippen molar-refractivity contribution in [1.82, 2.24) is 0 Å². The van der Waals surface area contributed by atoms with Gasteiger partial charge in [-0.15, -0.1) is 0 Å². The molecule has 0 unspecified atom stereocenters. The minimum Gasteiger partial charge on any atom is -0.504 e. The van der Waals surface area contributed by atoms with Crippen LogP contribution in [0.25, 0.3) is 11.2 Å². The van der Waals surface area contributed by atoms with Crippen LogP contribution in [0.15, 0.2) is 79.5 Å². The Kier molecular flexibility index (Phi) is 6.29. The van der Waals surface area contributed by atoms with Crippen LogP contribution in [-0.2, 0) is 16.2 Å². The minimum absolute atomic E-state index is 0.0819. The molecule has 0 saturated carbocycles. The molecular weight excluding hydrogens is 560 g/mol. The third-order valence-electron chi connectivity index (χ3n) is 10.1. The molecule has 0 bridgehead atoms. The molecule has 1 spiro atoms. The van der Waals surface area contributed by atoms with Gasteiger partial charge in [-0.2, -0.15) is 0 Å². The average molecular weight is 601 g/mol. The van der Waals surface area contributed by atoms with E-state index in [0.717, 1.165) is 63.2 Å². The molecule has 45 heavy (non-hydrogen) atoms. The van der Waals surface area contributed by atoms with E-state index in [0.29, 0.717) is 22.3 Å². The van der Waals surface area contributed by atoms with Crippen LogP contribution in [0.2, 0.25) is 0 Å². The van der Waals surface area contributed by atoms with E-state index in [4.69, 9.17) is 18.8 Å². The molecule has 230 valence electrons. The third kappa shape index (κ3) is 4.45. The summed E-state index contributed by atoms with van der Waals surface area (Å²) in [5.41, 5.74) is 11.4. The van der Waals surface area contributed by atoms with Crippen LogP contribution < -0.4 is 11.1 Å². The average Bonchev–Trinajstić information content (AvgIpc) is 3.31. The maximum absolute atomic E-state index is 10.7. The van der Waals surface area contributed by atoms with Gasteiger partial charge in [0.15, 0.2) is 22.7 Å². The topological polar surface area (TPSA) is 91.5 Å². The molecule has 0 fully saturated rings. The second-order valence-corrected chi connectivity index (χ2v) is 14.5. The number of nitrogens with zero attached hydrogens (tertiary/aromatic N) is 2. The lowest BCUT2D eigenvalue weighted by molar-refractivity contribution is 0.349. The lowest BCUT2D eigenvalue weighted by atomic mass is 9.72. The van der Waals surface area contributed by atoms with Crippen LogP contribution in [-0.4, -0.2) is 10.2 Å². The van der Waals surface area contributed by atoms with E-state index >= 15 is 0 Å². The Labute approximate surface area is 263 Å². The highest BCUT2D eigenvalue weighted by molar-refractivity contribution is 5.76. The molecule has 6 nitrogen and oxygen atoms in total. The Morgan fingerprint density at radius 2 is 0.911 bits per heavy atom. The zero-order valence-electron chi connectivity index (χ0n) is 27.3. The van der Waals surface area contributed by atoms with Gasteiger partial charge >= 0.3 is 0 Å². The maximum atomic E-state index is 10.7. The van der Waals surface area contributed by atoms with E-state index in [1.54, 1.807) is 12.1 Å². The molecule has 2 N–H and O–H groups in total. The van der Waals surface area contributed by atoms with Crippen molar-refractivity contribution in [1.29, 1.82) is 0 Å². The molecule has 1 heterocycles. The summed E-state index contributed by atoms with van der Waals surface area (Å²) in [5, 5.41) is 21.1. The van der Waals surface area contributed by atoms with Crippen molar-refractivity contribution in [2.45, 2.75) is 84.5 Å². The number of phenols is 2. The molecule has 0 amide bonds. The normalized spacial score (nSPS) is 20.3. The Hall–Kier alpha value is -4.58. The Morgan fingerprint density at radius 3 is 1.36 bits per heavy atom. The predicted octanol–water partition coefficient (Wildman–Crippen LogP) is 8.78. The van der Waals surface area contributed by atoms with E-state index in [-0.39, 0.29) is 27.7 Å². The van der Waals surface area contributed by atoms with Gasteiger partial charge in [0.05, 0.1) is 11.4 Å². The molecule has 2 aliphatic rings. The molecule has 0 radical (unpaired) electrons. The summed E-state index contributed by atoms with van der Waals surface area (Å²) in [4.78, 5) is 10.0. The molecule has 7 rings (SSSR count). The molecule has 6 heteroatoms. The lowest BCUT2D eigenvalue weighted by Gasteiger charge is -2.30. The number of benzene rings is 4. The second kappa shape index (κ2) is 9.71. The van der Waals surface area contributed by atoms with Gasteiger partial charge in [-0.25, -0.2) is 9.98 Å². The molecule has 5 aromatic rings. The molecule has 0 saturated heterocycles. The van der Waals surface area contributed by atoms with Crippen molar-refractivity contribution in [3.05, 3.63) is 116 Å². The summed E-state index contributed by atoms with van der Waals surface area (Å²) in [6.45, 7) is 17.1. The van der Waals surface area contributed by atoms with E-state index in [2.05, 4.69) is 39.8 Å². The van der Waals surface area contributed by atoms with E-state index in [9.17, 15) is 10.2 Å². The monoisotopic (exact) mass is 600 g/mol. The van der Waals surface area contributed by atoms with Crippen LogP contribution in [0, 0.1) is 27.7 Å². The first-order valence-corrected chi connectivity index (χ1v) is 15.6. The van der Waals surface area contributed by atoms with Gasteiger partial charge < -0.3 is 19.0 Å². The number of para-hydroxylation sites is 2. The van der Waals surface area contributed by atoms with Gasteiger partial charge in [-0.1, -0.05) is 64.1 Å². The van der Waals surface area contributed by atoms with Gasteiger partial charge in [0.1, 0.15) is 0 Å². The second-order valence-electron chi connectivity index (χ2n) is 14.5. The van der Waals surface area contributed by atoms with Gasteiger partial charge in [-0.05, 0) is 120 Å². The number of fused-ring (bicyclic) bond motifs is 5. The summed E-state index contributed by atoms with van der Waals surface area (Å²) in [5.74, 6) is -0.174. The zero-order valence-corrected chi connectivity index (χ0v) is 27.3. The highest BCUT2D eigenvalue weighted by Gasteiger charge is 2.56. The van der Waals surface area contributed by atoms with Crippen molar-refractivity contribution < 1.29 is 19.0 Å². The Morgan fingerprint density at radius 1 is 0.556 bits per heavy atom. The largest absolute Gasteiger partial charge is 0.504 e. The number of hydrogen-bond acceptors (Lipinski definition) is 6. The Balaban J connectivity index is 1.55. The fourth-order valence-electron chi connectivity index (χ4n) is 8.10. The predicted molar refractivity (Wildman–Crippen MR) is 177 cm³/mol. The number of aromatic hydroxyl groups is 2. The number of hydrogen-bond donors (Lipinski definition) is 2. The van der Waals surface area contributed by atoms with Crippen LogP contribution in [0.1, 0.15) is 85.0 Å². The standard InChI is InChI=1S/C39H40N2O4/c1-21-11-9-12-22(2)33(21)40-35-36(41-34-23(3)13-10-14-24(34)4)45-32-18-28-26(17-31(32)44-35)38(7,8)20-39(28)19-37(5,6)25-15-29(42)30(43)16-27(25)39/h9-18,42-43H,19-20H2,1-8H3/t39-/m0/s1. The number of phenolic OH excluding ortho intramolecular Hbond substituents is 2. The van der Waals surface area contributed by atoms with Crippen molar-refractivity contribution in [3.63, 3.8) is 0 Å². The van der Waals surface area contributed by atoms with Crippen molar-refractivity contribution in [2.75, 3.05) is 0 Å².